The number of halogens is 2. The highest BCUT2D eigenvalue weighted by atomic mass is 19.3. The second kappa shape index (κ2) is 6.35. The molecule has 5 nitrogen and oxygen atoms in total. The zero-order valence-electron chi connectivity index (χ0n) is 14.7. The number of nitrogens with one attached hydrogen (secondary N) is 1. The monoisotopic (exact) mass is 342 g/mol. The third kappa shape index (κ3) is 3.95. The fraction of sp³-hybridized carbons (Fsp3) is 0.824. The molecule has 2 N–H and O–H groups in total. The van der Waals surface area contributed by atoms with Gasteiger partial charge in [-0.3, -0.25) is 14.9 Å². The Labute approximate surface area is 142 Å². The summed E-state index contributed by atoms with van der Waals surface area (Å²) in [6.07, 6.45) is -0.695. The van der Waals surface area contributed by atoms with E-state index < -0.39 is 12.0 Å². The molecule has 2 aliphatic rings. The Morgan fingerprint density at radius 1 is 1.29 bits per heavy atom. The SMILES string of the molecule is CC(C)(C)c1cc(CN2C[C@H](O)[C@@H](N3CCC(F)(F)CC3)C2)[nH]n1. The van der Waals surface area contributed by atoms with E-state index in [1.54, 1.807) is 0 Å². The van der Waals surface area contributed by atoms with Gasteiger partial charge in [-0.25, -0.2) is 8.78 Å². The average molecular weight is 342 g/mol. The molecule has 3 rings (SSSR count). The van der Waals surface area contributed by atoms with Crippen LogP contribution in [0.3, 0.4) is 0 Å². The predicted molar refractivity (Wildman–Crippen MR) is 88.1 cm³/mol. The first-order chi connectivity index (χ1) is 11.1. The maximum absolute atomic E-state index is 13.3. The van der Waals surface area contributed by atoms with Gasteiger partial charge in [0.25, 0.3) is 5.92 Å². The van der Waals surface area contributed by atoms with E-state index in [1.807, 2.05) is 4.90 Å². The molecule has 2 atom stereocenters. The number of aliphatic hydroxyl groups is 1. The molecule has 136 valence electrons. The summed E-state index contributed by atoms with van der Waals surface area (Å²) in [4.78, 5) is 4.19. The summed E-state index contributed by atoms with van der Waals surface area (Å²) in [6, 6.07) is 2.02. The van der Waals surface area contributed by atoms with Gasteiger partial charge in [0.1, 0.15) is 0 Å². The van der Waals surface area contributed by atoms with E-state index in [0.29, 0.717) is 32.7 Å². The first kappa shape index (κ1) is 17.8. The molecule has 0 amide bonds. The van der Waals surface area contributed by atoms with Gasteiger partial charge in [-0.05, 0) is 6.07 Å². The third-order valence-electron chi connectivity index (χ3n) is 5.13. The van der Waals surface area contributed by atoms with Crippen LogP contribution in [0.1, 0.15) is 45.0 Å². The number of aliphatic hydroxyl groups excluding tert-OH is 1. The minimum atomic E-state index is -2.54. The average Bonchev–Trinajstić information content (AvgIpc) is 3.06. The fourth-order valence-corrected chi connectivity index (χ4v) is 3.59. The van der Waals surface area contributed by atoms with Crippen LogP contribution >= 0.6 is 0 Å². The number of piperidine rings is 1. The van der Waals surface area contributed by atoms with Gasteiger partial charge in [-0.2, -0.15) is 5.10 Å². The van der Waals surface area contributed by atoms with Crippen molar-refractivity contribution in [2.45, 2.75) is 63.6 Å². The highest BCUT2D eigenvalue weighted by Crippen LogP contribution is 2.30. The number of rotatable bonds is 3. The van der Waals surface area contributed by atoms with Crippen molar-refractivity contribution < 1.29 is 13.9 Å². The normalized spacial score (nSPS) is 29.2. The first-order valence-corrected chi connectivity index (χ1v) is 8.71. The van der Waals surface area contributed by atoms with E-state index in [9.17, 15) is 13.9 Å². The number of aromatic nitrogens is 2. The van der Waals surface area contributed by atoms with Gasteiger partial charge in [-0.15, -0.1) is 0 Å². The molecule has 0 radical (unpaired) electrons. The Bertz CT molecular complexity index is 559. The van der Waals surface area contributed by atoms with Crippen LogP contribution in [-0.4, -0.2) is 69.4 Å². The topological polar surface area (TPSA) is 55.4 Å². The Morgan fingerprint density at radius 3 is 2.54 bits per heavy atom. The molecule has 2 saturated heterocycles. The maximum atomic E-state index is 13.3. The molecule has 2 fully saturated rings. The summed E-state index contributed by atoms with van der Waals surface area (Å²) in [7, 11) is 0. The van der Waals surface area contributed by atoms with Crippen molar-refractivity contribution in [3.05, 3.63) is 17.5 Å². The van der Waals surface area contributed by atoms with Crippen LogP contribution in [-0.2, 0) is 12.0 Å². The third-order valence-corrected chi connectivity index (χ3v) is 5.13. The van der Waals surface area contributed by atoms with Crippen LogP contribution in [0.4, 0.5) is 8.78 Å². The van der Waals surface area contributed by atoms with Crippen molar-refractivity contribution in [1.29, 1.82) is 0 Å². The Balaban J connectivity index is 1.57. The molecule has 24 heavy (non-hydrogen) atoms. The number of hydrogen-bond donors (Lipinski definition) is 2. The van der Waals surface area contributed by atoms with E-state index in [2.05, 4.69) is 41.9 Å². The Hall–Kier alpha value is -1.05. The van der Waals surface area contributed by atoms with Crippen LogP contribution in [0.15, 0.2) is 6.07 Å². The summed E-state index contributed by atoms with van der Waals surface area (Å²) < 4.78 is 26.6. The number of likely N-dealkylation sites (tertiary alicyclic amines) is 2. The van der Waals surface area contributed by atoms with Crippen molar-refractivity contribution in [2.75, 3.05) is 26.2 Å². The molecular weight excluding hydrogens is 314 g/mol. The summed E-state index contributed by atoms with van der Waals surface area (Å²) >= 11 is 0. The minimum absolute atomic E-state index is 0.000832. The molecule has 2 aliphatic heterocycles. The summed E-state index contributed by atoms with van der Waals surface area (Å²) in [5, 5.41) is 17.8. The van der Waals surface area contributed by atoms with Crippen molar-refractivity contribution in [1.82, 2.24) is 20.0 Å². The van der Waals surface area contributed by atoms with Gasteiger partial charge < -0.3 is 5.11 Å². The summed E-state index contributed by atoms with van der Waals surface area (Å²) in [5.74, 6) is -2.54. The van der Waals surface area contributed by atoms with E-state index in [4.69, 9.17) is 0 Å². The van der Waals surface area contributed by atoms with E-state index in [0.717, 1.165) is 11.4 Å². The highest BCUT2D eigenvalue weighted by Gasteiger charge is 2.41. The molecule has 0 aliphatic carbocycles. The molecule has 1 aromatic heterocycles. The van der Waals surface area contributed by atoms with Gasteiger partial charge in [0.05, 0.1) is 11.8 Å². The summed E-state index contributed by atoms with van der Waals surface area (Å²) in [6.45, 7) is 9.05. The van der Waals surface area contributed by atoms with E-state index >= 15 is 0 Å². The molecule has 0 unspecified atom stereocenters. The summed E-state index contributed by atoms with van der Waals surface area (Å²) in [5.41, 5.74) is 2.05. The van der Waals surface area contributed by atoms with Crippen molar-refractivity contribution in [3.8, 4) is 0 Å². The van der Waals surface area contributed by atoms with Crippen molar-refractivity contribution >= 4 is 0 Å². The lowest BCUT2D eigenvalue weighted by Gasteiger charge is -2.36. The molecular formula is C17H28F2N4O. The van der Waals surface area contributed by atoms with Crippen molar-refractivity contribution in [2.24, 2.45) is 0 Å². The van der Waals surface area contributed by atoms with Gasteiger partial charge in [0.2, 0.25) is 0 Å². The zero-order chi connectivity index (χ0) is 17.5. The second-order valence-electron chi connectivity index (χ2n) is 8.25. The molecule has 7 heteroatoms. The number of H-pyrrole nitrogens is 1. The van der Waals surface area contributed by atoms with Crippen LogP contribution in [0.2, 0.25) is 0 Å². The van der Waals surface area contributed by atoms with Gasteiger partial charge >= 0.3 is 0 Å². The highest BCUT2D eigenvalue weighted by molar-refractivity contribution is 5.16. The number of β-amino-alcohol motifs (C(OH)–C–C–N with tert-alkyl or cyclic N) is 1. The molecule has 0 bridgehead atoms. The van der Waals surface area contributed by atoms with E-state index in [-0.39, 0.29) is 24.3 Å². The number of hydrogen-bond acceptors (Lipinski definition) is 4. The van der Waals surface area contributed by atoms with Crippen LogP contribution < -0.4 is 0 Å². The Morgan fingerprint density at radius 2 is 1.96 bits per heavy atom. The van der Waals surface area contributed by atoms with Crippen LogP contribution in [0.5, 0.6) is 0 Å². The Kier molecular flexibility index (Phi) is 4.70. The molecule has 3 heterocycles. The number of nitrogens with zero attached hydrogens (tertiary/aromatic N) is 3. The lowest BCUT2D eigenvalue weighted by molar-refractivity contribution is -0.0698. The zero-order valence-corrected chi connectivity index (χ0v) is 14.7. The van der Waals surface area contributed by atoms with Gasteiger partial charge in [-0.1, -0.05) is 20.8 Å². The van der Waals surface area contributed by atoms with Gasteiger partial charge in [0.15, 0.2) is 0 Å². The molecule has 0 spiro atoms. The smallest absolute Gasteiger partial charge is 0.250 e. The fourth-order valence-electron chi connectivity index (χ4n) is 3.59. The van der Waals surface area contributed by atoms with E-state index in [1.165, 1.54) is 0 Å². The van der Waals surface area contributed by atoms with Crippen molar-refractivity contribution in [3.63, 3.8) is 0 Å². The number of aromatic amines is 1. The largest absolute Gasteiger partial charge is 0.390 e. The number of alkyl halides is 2. The molecule has 0 aromatic carbocycles. The molecule has 1 aromatic rings. The predicted octanol–water partition coefficient (Wildman–Crippen LogP) is 1.98. The van der Waals surface area contributed by atoms with Gasteiger partial charge in [0, 0.05) is 62.7 Å². The first-order valence-electron chi connectivity index (χ1n) is 8.71. The lowest BCUT2D eigenvalue weighted by Crippen LogP contribution is -2.49. The molecule has 0 saturated carbocycles. The van der Waals surface area contributed by atoms with Crippen LogP contribution in [0, 0.1) is 0 Å². The minimum Gasteiger partial charge on any atom is -0.390 e. The lowest BCUT2D eigenvalue weighted by atomic mass is 9.92. The van der Waals surface area contributed by atoms with Crippen LogP contribution in [0.25, 0.3) is 0 Å². The quantitative estimate of drug-likeness (QED) is 0.882. The second-order valence-corrected chi connectivity index (χ2v) is 8.25. The standard InChI is InChI=1S/C17H28F2N4O/c1-16(2,3)15-8-12(20-21-15)9-22-10-13(14(24)11-22)23-6-4-17(18,19)5-7-23/h8,13-14,24H,4-7,9-11H2,1-3H3,(H,20,21)/t13-,14-/m0/s1. The maximum Gasteiger partial charge on any atom is 0.250 e.